The SMILES string of the molecule is NCc1cc(NC2CC2)no1. The first kappa shape index (κ1) is 6.67. The number of aromatic nitrogens is 1. The van der Waals surface area contributed by atoms with Gasteiger partial charge in [-0.1, -0.05) is 5.16 Å². The summed E-state index contributed by atoms with van der Waals surface area (Å²) in [5.41, 5.74) is 5.35. The molecule has 0 aliphatic heterocycles. The summed E-state index contributed by atoms with van der Waals surface area (Å²) in [6, 6.07) is 2.46. The van der Waals surface area contributed by atoms with Crippen LogP contribution in [0.4, 0.5) is 5.82 Å². The fraction of sp³-hybridized carbons (Fsp3) is 0.571. The van der Waals surface area contributed by atoms with Crippen molar-refractivity contribution in [1.82, 2.24) is 5.16 Å². The van der Waals surface area contributed by atoms with E-state index in [2.05, 4.69) is 10.5 Å². The highest BCUT2D eigenvalue weighted by molar-refractivity contribution is 5.36. The molecule has 0 atom stereocenters. The molecule has 1 heterocycles. The fourth-order valence-corrected chi connectivity index (χ4v) is 0.914. The molecule has 1 fully saturated rings. The van der Waals surface area contributed by atoms with Gasteiger partial charge in [-0.05, 0) is 12.8 Å². The van der Waals surface area contributed by atoms with Gasteiger partial charge in [-0.2, -0.15) is 0 Å². The molecule has 0 radical (unpaired) electrons. The monoisotopic (exact) mass is 153 g/mol. The lowest BCUT2D eigenvalue weighted by Crippen LogP contribution is -2.00. The van der Waals surface area contributed by atoms with Crippen LogP contribution in [0.5, 0.6) is 0 Å². The van der Waals surface area contributed by atoms with Gasteiger partial charge in [-0.15, -0.1) is 0 Å². The van der Waals surface area contributed by atoms with Crippen LogP contribution in [0.1, 0.15) is 18.6 Å². The smallest absolute Gasteiger partial charge is 0.169 e. The summed E-state index contributed by atoms with van der Waals surface area (Å²) in [6.45, 7) is 0.416. The van der Waals surface area contributed by atoms with Gasteiger partial charge in [0.05, 0.1) is 6.54 Å². The molecular weight excluding hydrogens is 142 g/mol. The quantitative estimate of drug-likeness (QED) is 0.671. The highest BCUT2D eigenvalue weighted by Gasteiger charge is 2.21. The van der Waals surface area contributed by atoms with E-state index in [0.29, 0.717) is 12.6 Å². The van der Waals surface area contributed by atoms with Crippen molar-refractivity contribution in [3.05, 3.63) is 11.8 Å². The third-order valence-electron chi connectivity index (χ3n) is 1.69. The summed E-state index contributed by atoms with van der Waals surface area (Å²) in [4.78, 5) is 0. The van der Waals surface area contributed by atoms with Gasteiger partial charge >= 0.3 is 0 Å². The van der Waals surface area contributed by atoms with Crippen molar-refractivity contribution in [2.75, 3.05) is 5.32 Å². The minimum atomic E-state index is 0.416. The summed E-state index contributed by atoms with van der Waals surface area (Å²) in [6.07, 6.45) is 2.48. The number of nitrogens with one attached hydrogen (secondary N) is 1. The molecule has 0 aromatic carbocycles. The molecule has 0 bridgehead atoms. The normalized spacial score (nSPS) is 16.8. The maximum absolute atomic E-state index is 5.35. The highest BCUT2D eigenvalue weighted by atomic mass is 16.5. The summed E-state index contributed by atoms with van der Waals surface area (Å²) < 4.78 is 4.90. The van der Waals surface area contributed by atoms with Crippen molar-refractivity contribution in [3.8, 4) is 0 Å². The first-order valence-corrected chi connectivity index (χ1v) is 3.80. The van der Waals surface area contributed by atoms with Crippen molar-refractivity contribution in [2.45, 2.75) is 25.4 Å². The standard InChI is InChI=1S/C7H11N3O/c8-4-6-3-7(10-11-6)9-5-1-2-5/h3,5H,1-2,4,8H2,(H,9,10). The van der Waals surface area contributed by atoms with Gasteiger partial charge in [0.15, 0.2) is 11.6 Å². The van der Waals surface area contributed by atoms with Crippen molar-refractivity contribution >= 4 is 5.82 Å². The van der Waals surface area contributed by atoms with E-state index in [0.717, 1.165) is 11.6 Å². The van der Waals surface area contributed by atoms with Crippen LogP contribution in [0.25, 0.3) is 0 Å². The average molecular weight is 153 g/mol. The molecule has 0 unspecified atom stereocenters. The summed E-state index contributed by atoms with van der Waals surface area (Å²) in [5, 5.41) is 7.01. The zero-order valence-corrected chi connectivity index (χ0v) is 6.21. The van der Waals surface area contributed by atoms with Crippen LogP contribution < -0.4 is 11.1 Å². The minimum absolute atomic E-state index is 0.416. The van der Waals surface area contributed by atoms with Crippen molar-refractivity contribution in [3.63, 3.8) is 0 Å². The molecule has 60 valence electrons. The number of rotatable bonds is 3. The Labute approximate surface area is 64.7 Å². The second kappa shape index (κ2) is 2.54. The van der Waals surface area contributed by atoms with Gasteiger partial charge in [0.2, 0.25) is 0 Å². The van der Waals surface area contributed by atoms with Crippen LogP contribution in [0.2, 0.25) is 0 Å². The van der Waals surface area contributed by atoms with Gasteiger partial charge < -0.3 is 15.6 Å². The van der Waals surface area contributed by atoms with Crippen molar-refractivity contribution in [2.24, 2.45) is 5.73 Å². The molecule has 4 nitrogen and oxygen atoms in total. The molecule has 1 aromatic rings. The lowest BCUT2D eigenvalue weighted by molar-refractivity contribution is 0.387. The van der Waals surface area contributed by atoms with Gasteiger partial charge in [-0.3, -0.25) is 0 Å². The number of hydrogen-bond acceptors (Lipinski definition) is 4. The van der Waals surface area contributed by atoms with E-state index in [4.69, 9.17) is 10.3 Å². The average Bonchev–Trinajstić information content (AvgIpc) is 2.68. The summed E-state index contributed by atoms with van der Waals surface area (Å²) >= 11 is 0. The second-order valence-corrected chi connectivity index (χ2v) is 2.80. The predicted molar refractivity (Wildman–Crippen MR) is 41.0 cm³/mol. The molecule has 1 aromatic heterocycles. The van der Waals surface area contributed by atoms with E-state index >= 15 is 0 Å². The van der Waals surface area contributed by atoms with Crippen molar-refractivity contribution in [1.29, 1.82) is 0 Å². The van der Waals surface area contributed by atoms with Crippen molar-refractivity contribution < 1.29 is 4.52 Å². The Morgan fingerprint density at radius 2 is 2.55 bits per heavy atom. The lowest BCUT2D eigenvalue weighted by Gasteiger charge is -1.93. The number of nitrogens with two attached hydrogens (primary N) is 1. The Balaban J connectivity index is 1.99. The molecule has 2 rings (SSSR count). The minimum Gasteiger partial charge on any atom is -0.365 e. The van der Waals surface area contributed by atoms with Crippen LogP contribution in [-0.4, -0.2) is 11.2 Å². The molecule has 0 saturated heterocycles. The van der Waals surface area contributed by atoms with Crippen LogP contribution in [0.15, 0.2) is 10.6 Å². The summed E-state index contributed by atoms with van der Waals surface area (Å²) in [7, 11) is 0. The molecule has 4 heteroatoms. The molecule has 0 spiro atoms. The van der Waals surface area contributed by atoms with Gasteiger partial charge in [0, 0.05) is 12.1 Å². The largest absolute Gasteiger partial charge is 0.365 e. The summed E-state index contributed by atoms with van der Waals surface area (Å²) in [5.74, 6) is 1.54. The third-order valence-corrected chi connectivity index (χ3v) is 1.69. The number of nitrogens with zero attached hydrogens (tertiary/aromatic N) is 1. The Morgan fingerprint density at radius 3 is 3.09 bits per heavy atom. The van der Waals surface area contributed by atoms with E-state index in [9.17, 15) is 0 Å². The van der Waals surface area contributed by atoms with Crippen LogP contribution in [0, 0.1) is 0 Å². The Bertz CT molecular complexity index is 242. The topological polar surface area (TPSA) is 64.1 Å². The zero-order valence-electron chi connectivity index (χ0n) is 6.21. The van der Waals surface area contributed by atoms with E-state index < -0.39 is 0 Å². The van der Waals surface area contributed by atoms with Gasteiger partial charge in [-0.25, -0.2) is 0 Å². The first-order chi connectivity index (χ1) is 5.38. The molecule has 1 aliphatic carbocycles. The van der Waals surface area contributed by atoms with Gasteiger partial charge in [0.1, 0.15) is 0 Å². The lowest BCUT2D eigenvalue weighted by atomic mass is 10.4. The highest BCUT2D eigenvalue weighted by Crippen LogP contribution is 2.24. The molecule has 0 amide bonds. The van der Waals surface area contributed by atoms with Crippen LogP contribution in [0.3, 0.4) is 0 Å². The zero-order chi connectivity index (χ0) is 7.68. The predicted octanol–water partition coefficient (Wildman–Crippen LogP) is 0.708. The maximum atomic E-state index is 5.35. The van der Waals surface area contributed by atoms with E-state index in [-0.39, 0.29) is 0 Å². The second-order valence-electron chi connectivity index (χ2n) is 2.80. The third kappa shape index (κ3) is 1.51. The van der Waals surface area contributed by atoms with Gasteiger partial charge in [0.25, 0.3) is 0 Å². The first-order valence-electron chi connectivity index (χ1n) is 3.80. The Kier molecular flexibility index (Phi) is 1.54. The van der Waals surface area contributed by atoms with Crippen LogP contribution >= 0.6 is 0 Å². The Morgan fingerprint density at radius 1 is 1.73 bits per heavy atom. The maximum Gasteiger partial charge on any atom is 0.169 e. The number of anilines is 1. The molecule has 3 N–H and O–H groups in total. The Hall–Kier alpha value is -1.03. The molecule has 1 saturated carbocycles. The van der Waals surface area contributed by atoms with E-state index in [1.807, 2.05) is 6.07 Å². The number of hydrogen-bond donors (Lipinski definition) is 2. The van der Waals surface area contributed by atoms with E-state index in [1.54, 1.807) is 0 Å². The molecule has 1 aliphatic rings. The fourth-order valence-electron chi connectivity index (χ4n) is 0.914. The molecular formula is C7H11N3O. The molecule has 11 heavy (non-hydrogen) atoms. The van der Waals surface area contributed by atoms with E-state index in [1.165, 1.54) is 12.8 Å². The van der Waals surface area contributed by atoms with Crippen LogP contribution in [-0.2, 0) is 6.54 Å².